The second-order valence-electron chi connectivity index (χ2n) is 3.51. The van der Waals surface area contributed by atoms with E-state index >= 15 is 0 Å². The summed E-state index contributed by atoms with van der Waals surface area (Å²) in [5.41, 5.74) is 5.57. The summed E-state index contributed by atoms with van der Waals surface area (Å²) < 4.78 is 0. The Morgan fingerprint density at radius 1 is 1.77 bits per heavy atom. The molecule has 74 valence electrons. The summed E-state index contributed by atoms with van der Waals surface area (Å²) in [4.78, 5) is 23.3. The molecule has 0 radical (unpaired) electrons. The topological polar surface area (TPSA) is 83.6 Å². The molecule has 0 aromatic heterocycles. The van der Waals surface area contributed by atoms with Crippen molar-refractivity contribution in [1.29, 1.82) is 0 Å². The Morgan fingerprint density at radius 2 is 2.31 bits per heavy atom. The number of rotatable bonds is 2. The summed E-state index contributed by atoms with van der Waals surface area (Å²) in [6.45, 7) is 3.77. The van der Waals surface area contributed by atoms with E-state index in [2.05, 4.69) is 0 Å². The lowest BCUT2D eigenvalue weighted by Crippen LogP contribution is -2.43. The molecule has 0 saturated carbocycles. The summed E-state index contributed by atoms with van der Waals surface area (Å²) >= 11 is 0. The van der Waals surface area contributed by atoms with Crippen LogP contribution in [0.5, 0.6) is 0 Å². The van der Waals surface area contributed by atoms with Gasteiger partial charge in [0, 0.05) is 6.54 Å². The first-order valence-electron chi connectivity index (χ1n) is 4.24. The van der Waals surface area contributed by atoms with Gasteiger partial charge in [0.25, 0.3) is 0 Å². The fourth-order valence-corrected chi connectivity index (χ4v) is 1.43. The number of nitrogens with zero attached hydrogens (tertiary/aromatic N) is 1. The molecule has 3 unspecified atom stereocenters. The van der Waals surface area contributed by atoms with Gasteiger partial charge in [-0.05, 0) is 12.8 Å². The molecule has 1 aliphatic heterocycles. The number of likely N-dealkylation sites (tertiary alicyclic amines) is 1. The van der Waals surface area contributed by atoms with E-state index in [-0.39, 0.29) is 11.8 Å². The van der Waals surface area contributed by atoms with Gasteiger partial charge >= 0.3 is 5.97 Å². The molecule has 3 N–H and O–H groups in total. The molecular weight excluding hydrogens is 172 g/mol. The van der Waals surface area contributed by atoms with Crippen molar-refractivity contribution in [2.75, 3.05) is 6.54 Å². The van der Waals surface area contributed by atoms with Crippen molar-refractivity contribution in [2.24, 2.45) is 11.7 Å². The van der Waals surface area contributed by atoms with Crippen LogP contribution >= 0.6 is 0 Å². The van der Waals surface area contributed by atoms with Gasteiger partial charge in [-0.1, -0.05) is 6.92 Å². The van der Waals surface area contributed by atoms with Gasteiger partial charge in [0.15, 0.2) is 0 Å². The van der Waals surface area contributed by atoms with Crippen LogP contribution in [0.3, 0.4) is 0 Å². The van der Waals surface area contributed by atoms with E-state index < -0.39 is 18.1 Å². The number of aliphatic carboxylic acids is 1. The minimum absolute atomic E-state index is 0.0364. The van der Waals surface area contributed by atoms with Crippen molar-refractivity contribution >= 4 is 11.9 Å². The van der Waals surface area contributed by atoms with Gasteiger partial charge in [-0.3, -0.25) is 4.79 Å². The van der Waals surface area contributed by atoms with E-state index in [9.17, 15) is 9.59 Å². The van der Waals surface area contributed by atoms with Crippen molar-refractivity contribution in [2.45, 2.75) is 25.9 Å². The van der Waals surface area contributed by atoms with Crippen LogP contribution in [-0.4, -0.2) is 40.5 Å². The van der Waals surface area contributed by atoms with Gasteiger partial charge < -0.3 is 15.7 Å². The number of carboxylic acids is 1. The monoisotopic (exact) mass is 186 g/mol. The standard InChI is InChI=1S/C8H14N2O3/c1-4-3-10(5(2)8(12)13)7(11)6(4)9/h4-6H,3,9H2,1-2H3,(H,12,13). The Morgan fingerprint density at radius 3 is 2.62 bits per heavy atom. The first-order chi connectivity index (χ1) is 5.95. The molecule has 1 aliphatic rings. The molecule has 0 spiro atoms. The maximum absolute atomic E-state index is 11.4. The maximum atomic E-state index is 11.4. The third-order valence-corrected chi connectivity index (χ3v) is 2.49. The molecule has 5 heteroatoms. The molecule has 3 atom stereocenters. The van der Waals surface area contributed by atoms with E-state index in [1.807, 2.05) is 6.92 Å². The number of carbonyl (C=O) groups is 2. The molecule has 13 heavy (non-hydrogen) atoms. The van der Waals surface area contributed by atoms with Crippen molar-refractivity contribution in [3.05, 3.63) is 0 Å². The molecular formula is C8H14N2O3. The number of hydrogen-bond donors (Lipinski definition) is 2. The molecule has 1 saturated heterocycles. The van der Waals surface area contributed by atoms with Crippen molar-refractivity contribution in [3.63, 3.8) is 0 Å². The first-order valence-corrected chi connectivity index (χ1v) is 4.24. The molecule has 5 nitrogen and oxygen atoms in total. The Balaban J connectivity index is 2.74. The molecule has 0 aromatic carbocycles. The quantitative estimate of drug-likeness (QED) is 0.595. The van der Waals surface area contributed by atoms with Gasteiger partial charge in [0.2, 0.25) is 5.91 Å². The first kappa shape index (κ1) is 9.98. The lowest BCUT2D eigenvalue weighted by atomic mass is 10.1. The number of carboxylic acid groups (broad SMARTS) is 1. The predicted octanol–water partition coefficient (Wildman–Crippen LogP) is -0.735. The summed E-state index contributed by atoms with van der Waals surface area (Å²) in [6.07, 6.45) is 0. The lowest BCUT2D eigenvalue weighted by Gasteiger charge is -2.20. The molecule has 1 amide bonds. The highest BCUT2D eigenvalue weighted by atomic mass is 16.4. The zero-order valence-corrected chi connectivity index (χ0v) is 7.73. The fourth-order valence-electron chi connectivity index (χ4n) is 1.43. The van der Waals surface area contributed by atoms with Gasteiger partial charge in [-0.25, -0.2) is 4.79 Å². The van der Waals surface area contributed by atoms with E-state index in [0.717, 1.165) is 0 Å². The van der Waals surface area contributed by atoms with Gasteiger partial charge in [-0.2, -0.15) is 0 Å². The van der Waals surface area contributed by atoms with Crippen molar-refractivity contribution < 1.29 is 14.7 Å². The largest absolute Gasteiger partial charge is 0.480 e. The van der Waals surface area contributed by atoms with Gasteiger partial charge in [-0.15, -0.1) is 0 Å². The van der Waals surface area contributed by atoms with Gasteiger partial charge in [0.05, 0.1) is 6.04 Å². The van der Waals surface area contributed by atoms with Crippen LogP contribution < -0.4 is 5.73 Å². The van der Waals surface area contributed by atoms with Crippen LogP contribution in [0, 0.1) is 5.92 Å². The third kappa shape index (κ3) is 1.65. The van der Waals surface area contributed by atoms with Gasteiger partial charge in [0.1, 0.15) is 6.04 Å². The van der Waals surface area contributed by atoms with E-state index in [1.54, 1.807) is 0 Å². The number of carbonyl (C=O) groups excluding carboxylic acids is 1. The molecule has 0 aromatic rings. The van der Waals surface area contributed by atoms with Crippen molar-refractivity contribution in [1.82, 2.24) is 4.90 Å². The molecule has 0 bridgehead atoms. The van der Waals surface area contributed by atoms with Crippen LogP contribution in [0.25, 0.3) is 0 Å². The maximum Gasteiger partial charge on any atom is 0.326 e. The Kier molecular flexibility index (Phi) is 2.56. The highest BCUT2D eigenvalue weighted by molar-refractivity contribution is 5.88. The van der Waals surface area contributed by atoms with Crippen molar-refractivity contribution in [3.8, 4) is 0 Å². The minimum atomic E-state index is -0.991. The molecule has 1 rings (SSSR count). The Bertz CT molecular complexity index is 242. The molecule has 0 aliphatic carbocycles. The zero-order chi connectivity index (χ0) is 10.2. The smallest absolute Gasteiger partial charge is 0.326 e. The SMILES string of the molecule is CC1CN(C(C)C(=O)O)C(=O)C1N. The fraction of sp³-hybridized carbons (Fsp3) is 0.750. The Hall–Kier alpha value is -1.10. The minimum Gasteiger partial charge on any atom is -0.480 e. The highest BCUT2D eigenvalue weighted by Crippen LogP contribution is 2.18. The van der Waals surface area contributed by atoms with Crippen LogP contribution in [0.1, 0.15) is 13.8 Å². The second-order valence-corrected chi connectivity index (χ2v) is 3.51. The van der Waals surface area contributed by atoms with E-state index in [0.29, 0.717) is 6.54 Å². The number of amides is 1. The van der Waals surface area contributed by atoms with Crippen LogP contribution in [0.15, 0.2) is 0 Å². The average Bonchev–Trinajstić information content (AvgIpc) is 2.31. The number of hydrogen-bond acceptors (Lipinski definition) is 3. The summed E-state index contributed by atoms with van der Waals surface area (Å²) in [5.74, 6) is -1.22. The Labute approximate surface area is 76.5 Å². The normalized spacial score (nSPS) is 30.7. The highest BCUT2D eigenvalue weighted by Gasteiger charge is 2.39. The molecule has 1 fully saturated rings. The summed E-state index contributed by atoms with van der Waals surface area (Å²) in [7, 11) is 0. The number of nitrogens with two attached hydrogens (primary N) is 1. The summed E-state index contributed by atoms with van der Waals surface area (Å²) in [5, 5.41) is 8.70. The second kappa shape index (κ2) is 3.33. The van der Waals surface area contributed by atoms with E-state index in [1.165, 1.54) is 11.8 Å². The van der Waals surface area contributed by atoms with Crippen LogP contribution in [0.2, 0.25) is 0 Å². The third-order valence-electron chi connectivity index (χ3n) is 2.49. The predicted molar refractivity (Wildman–Crippen MR) is 46.0 cm³/mol. The zero-order valence-electron chi connectivity index (χ0n) is 7.73. The van der Waals surface area contributed by atoms with E-state index in [4.69, 9.17) is 10.8 Å². The van der Waals surface area contributed by atoms with Crippen LogP contribution in [-0.2, 0) is 9.59 Å². The molecule has 1 heterocycles. The van der Waals surface area contributed by atoms with Crippen LogP contribution in [0.4, 0.5) is 0 Å². The summed E-state index contributed by atoms with van der Waals surface area (Å²) in [6, 6.07) is -1.31. The average molecular weight is 186 g/mol. The lowest BCUT2D eigenvalue weighted by molar-refractivity contribution is -0.147.